The second kappa shape index (κ2) is 8.82. The van der Waals surface area contributed by atoms with Gasteiger partial charge in [0.25, 0.3) is 0 Å². The molecular weight excluding hydrogens is 151 g/mol. The van der Waals surface area contributed by atoms with Crippen molar-refractivity contribution in [1.29, 1.82) is 0 Å². The van der Waals surface area contributed by atoms with E-state index in [0.29, 0.717) is 0 Å². The first kappa shape index (κ1) is 9.15. The van der Waals surface area contributed by atoms with Crippen molar-refractivity contribution >= 4 is 23.1 Å². The predicted octanol–water partition coefficient (Wildman–Crippen LogP) is -1.04. The monoisotopic (exact) mass is 153 g/mol. The van der Waals surface area contributed by atoms with Gasteiger partial charge in [0, 0.05) is 0 Å². The van der Waals surface area contributed by atoms with E-state index >= 15 is 0 Å². The molecule has 0 fully saturated rings. The standard InChI is InChI=1S/Fe.Mg.Mn.O.2H. The van der Waals surface area contributed by atoms with Gasteiger partial charge in [-0.1, -0.05) is 0 Å². The summed E-state index contributed by atoms with van der Waals surface area (Å²) in [6.07, 6.45) is 0. The Labute approximate surface area is 53.8 Å². The molecule has 0 aromatic carbocycles. The first-order valence-electron chi connectivity index (χ1n) is 0.288. The van der Waals surface area contributed by atoms with Crippen LogP contribution >= 0.6 is 0 Å². The zero-order valence-electron chi connectivity index (χ0n) is 1.14. The summed E-state index contributed by atoms with van der Waals surface area (Å²) < 4.78 is 8.85. The fourth-order valence-corrected chi connectivity index (χ4v) is 0. The van der Waals surface area contributed by atoms with Crippen molar-refractivity contribution in [2.75, 3.05) is 0 Å². The van der Waals surface area contributed by atoms with Crippen LogP contribution in [0, 0.1) is 0 Å². The van der Waals surface area contributed by atoms with Crippen LogP contribution in [0.25, 0.3) is 0 Å². The van der Waals surface area contributed by atoms with E-state index in [1.807, 2.05) is 0 Å². The van der Waals surface area contributed by atoms with Crippen molar-refractivity contribution in [1.82, 2.24) is 0 Å². The summed E-state index contributed by atoms with van der Waals surface area (Å²) in [4.78, 5) is 0. The predicted molar refractivity (Wildman–Crippen MR) is 9.23 cm³/mol. The third-order valence-electron chi connectivity index (χ3n) is 0. The third-order valence-corrected chi connectivity index (χ3v) is 0. The van der Waals surface area contributed by atoms with Crippen molar-refractivity contribution in [3.05, 3.63) is 0 Å². The van der Waals surface area contributed by atoms with Gasteiger partial charge in [0.05, 0.1) is 0 Å². The Balaban J connectivity index is 0. The molecule has 0 aliphatic carbocycles. The molecule has 0 rings (SSSR count). The summed E-state index contributed by atoms with van der Waals surface area (Å²) >= 11 is 2.52. The van der Waals surface area contributed by atoms with E-state index in [1.165, 1.54) is 0 Å². The van der Waals surface area contributed by atoms with E-state index in [4.69, 9.17) is 3.83 Å². The Morgan fingerprint density at radius 3 is 1.75 bits per heavy atom. The molecule has 0 radical (unpaired) electrons. The average molecular weight is 153 g/mol. The quantitative estimate of drug-likeness (QED) is 0.406. The van der Waals surface area contributed by atoms with E-state index < -0.39 is 13.1 Å². The van der Waals surface area contributed by atoms with Crippen LogP contribution in [0.15, 0.2) is 0 Å². The van der Waals surface area contributed by atoms with Crippen LogP contribution in [0.5, 0.6) is 0 Å². The van der Waals surface area contributed by atoms with Gasteiger partial charge in [-0.25, -0.2) is 0 Å². The van der Waals surface area contributed by atoms with Crippen LogP contribution in [-0.4, -0.2) is 23.1 Å². The van der Waals surface area contributed by atoms with Crippen LogP contribution in [-0.2, 0) is 31.1 Å². The van der Waals surface area contributed by atoms with Gasteiger partial charge in [-0.15, -0.1) is 0 Å². The minimum atomic E-state index is -0.438. The summed E-state index contributed by atoms with van der Waals surface area (Å²) in [5.74, 6) is 0. The normalized spacial score (nSPS) is 4.25. The molecule has 4 heavy (non-hydrogen) atoms. The second-order valence-electron chi connectivity index (χ2n) is 0.0546. The molecule has 4 heteroatoms. The van der Waals surface area contributed by atoms with Gasteiger partial charge in [0.15, 0.2) is 0 Å². The molecule has 0 bridgehead atoms. The van der Waals surface area contributed by atoms with Crippen LogP contribution in [0.2, 0.25) is 0 Å². The number of rotatable bonds is 0. The van der Waals surface area contributed by atoms with Gasteiger partial charge in [-0.3, -0.25) is 0 Å². The fourth-order valence-electron chi connectivity index (χ4n) is 0. The molecule has 0 aromatic heterocycles. The van der Waals surface area contributed by atoms with Crippen molar-refractivity contribution in [3.8, 4) is 0 Å². The summed E-state index contributed by atoms with van der Waals surface area (Å²) in [6.45, 7) is 0. The Hall–Kier alpha value is 1.61. The van der Waals surface area contributed by atoms with Crippen LogP contribution in [0.4, 0.5) is 0 Å². The molecule has 25 valence electrons. The van der Waals surface area contributed by atoms with Gasteiger partial charge in [0.1, 0.15) is 0 Å². The Morgan fingerprint density at radius 2 is 1.75 bits per heavy atom. The van der Waals surface area contributed by atoms with Gasteiger partial charge in [0.2, 0.25) is 0 Å². The van der Waals surface area contributed by atoms with E-state index in [0.717, 1.165) is 0 Å². The molecule has 0 heterocycles. The van der Waals surface area contributed by atoms with Crippen molar-refractivity contribution in [3.63, 3.8) is 0 Å². The van der Waals surface area contributed by atoms with Crippen LogP contribution < -0.4 is 0 Å². The fraction of sp³-hybridized carbons (Fsp3) is 0. The average Bonchev–Trinajstić information content (AvgIpc) is 0.918. The molecule has 0 aliphatic rings. The molecule has 0 saturated carbocycles. The van der Waals surface area contributed by atoms with E-state index in [9.17, 15) is 0 Å². The molecule has 0 aliphatic heterocycles. The maximum absolute atomic E-state index is 8.85. The molecule has 0 aromatic rings. The molecule has 0 amide bonds. The van der Waals surface area contributed by atoms with Gasteiger partial charge < -0.3 is 0 Å². The molecule has 0 spiro atoms. The van der Waals surface area contributed by atoms with Crippen molar-refractivity contribution in [2.45, 2.75) is 0 Å². The third kappa shape index (κ3) is 9.50. The summed E-state index contributed by atoms with van der Waals surface area (Å²) in [7, 11) is 0. The first-order valence-corrected chi connectivity index (χ1v) is 2.91. The van der Waals surface area contributed by atoms with Crippen molar-refractivity contribution in [2.24, 2.45) is 0 Å². The van der Waals surface area contributed by atoms with Crippen LogP contribution in [0.1, 0.15) is 0 Å². The van der Waals surface area contributed by atoms with Gasteiger partial charge in [-0.05, 0) is 0 Å². The van der Waals surface area contributed by atoms with Crippen molar-refractivity contribution < 1.29 is 31.1 Å². The molecule has 0 atom stereocenters. The topological polar surface area (TPSA) is 17.1 Å². The minimum absolute atomic E-state index is 0. The molecule has 1 nitrogen and oxygen atoms in total. The Kier molecular flexibility index (Phi) is 20.2. The van der Waals surface area contributed by atoms with E-state index in [1.54, 1.807) is 0 Å². The summed E-state index contributed by atoms with van der Waals surface area (Å²) in [5, 5.41) is 0. The molecule has 0 N–H and O–H groups in total. The summed E-state index contributed by atoms with van der Waals surface area (Å²) in [6, 6.07) is 0. The second-order valence-corrected chi connectivity index (χ2v) is 0.927. The molecule has 0 saturated heterocycles. The SMILES string of the molecule is [MgH2].[O]=[Mn][Fe]. The van der Waals surface area contributed by atoms with Crippen LogP contribution in [0.3, 0.4) is 0 Å². The number of hydrogen-bond donors (Lipinski definition) is 0. The Morgan fingerprint density at radius 1 is 1.75 bits per heavy atom. The van der Waals surface area contributed by atoms with E-state index in [-0.39, 0.29) is 23.1 Å². The molecule has 0 unspecified atom stereocenters. The Bertz CT molecular complexity index is 15.5. The molecular formula is H2FeMgMnO. The zero-order chi connectivity index (χ0) is 2.71. The number of hydrogen-bond acceptors (Lipinski definition) is 1. The van der Waals surface area contributed by atoms with Gasteiger partial charge in [-0.2, -0.15) is 0 Å². The summed E-state index contributed by atoms with van der Waals surface area (Å²) in [5.41, 5.74) is 0. The maximum atomic E-state index is 8.85. The van der Waals surface area contributed by atoms with E-state index in [2.05, 4.69) is 14.2 Å². The van der Waals surface area contributed by atoms with Gasteiger partial charge >= 0.3 is 54.1 Å². The zero-order valence-corrected chi connectivity index (χ0v) is 3.42. The first-order chi connectivity index (χ1) is 1.41.